The van der Waals surface area contributed by atoms with E-state index in [1.54, 1.807) is 12.1 Å². The maximum Gasteiger partial charge on any atom is 0.295 e. The quantitative estimate of drug-likeness (QED) is 0.0561. The number of nitrogens with one attached hydrogen (secondary N) is 3. The average molecular weight is 1110 g/mol. The van der Waals surface area contributed by atoms with Crippen molar-refractivity contribution in [2.24, 2.45) is 11.8 Å². The highest BCUT2D eigenvalue weighted by Crippen LogP contribution is 2.38. The minimum Gasteiger partial charge on any atom is -0.456 e. The van der Waals surface area contributed by atoms with Gasteiger partial charge >= 0.3 is 0 Å². The lowest BCUT2D eigenvalue weighted by Crippen LogP contribution is -2.47. The second kappa shape index (κ2) is 23.4. The van der Waals surface area contributed by atoms with Gasteiger partial charge in [0, 0.05) is 74.5 Å². The molecular formula is C60H60Cl2N6O11. The smallest absolute Gasteiger partial charge is 0.295 e. The molecule has 0 radical (unpaired) electrons. The van der Waals surface area contributed by atoms with Crippen LogP contribution in [0.4, 0.5) is 0 Å². The van der Waals surface area contributed by atoms with Gasteiger partial charge in [0.2, 0.25) is 0 Å². The van der Waals surface area contributed by atoms with Crippen LogP contribution < -0.4 is 14.8 Å². The fraction of sp³-hybridized carbons (Fsp3) is 0.350. The number of hydrogen-bond acceptors (Lipinski definition) is 15. The SMILES string of the molecule is O=Cc1ccc(-c2ccc(-c3cc4nc(O[C@@H]5CO[C@H]6[C@@H]5OC[C@H]6O)[nH]c4cc3Cl)cc2)cc1.OCC1CN(Cc2ccc(-c3ccc(-c4cc5nc(O[C@@H]6CO[C@H]7[C@@H]6OC[C@H]7O)[nH]c5cc4Cl)cc3)cc2)C1.OCC1CNC1. The fourth-order valence-corrected chi connectivity index (χ4v) is 11.4. The average Bonchev–Trinajstić information content (AvgIpc) is 4.39. The molecule has 6 fully saturated rings. The molecule has 0 spiro atoms. The molecule has 0 amide bonds. The Morgan fingerprint density at radius 1 is 0.557 bits per heavy atom. The van der Waals surface area contributed by atoms with Crippen molar-refractivity contribution in [3.05, 3.63) is 142 Å². The molecular weight excluding hydrogens is 1050 g/mol. The zero-order valence-corrected chi connectivity index (χ0v) is 44.4. The molecule has 8 atom stereocenters. The highest BCUT2D eigenvalue weighted by atomic mass is 35.5. The Kier molecular flexibility index (Phi) is 15.8. The number of rotatable bonds is 13. The number of aliphatic hydroxyl groups is 4. The number of aromatic amines is 2. The molecule has 6 aromatic carbocycles. The lowest BCUT2D eigenvalue weighted by Gasteiger charge is -2.38. The highest BCUT2D eigenvalue weighted by molar-refractivity contribution is 6.34. The molecule has 0 bridgehead atoms. The number of hydrogen-bond donors (Lipinski definition) is 7. The van der Waals surface area contributed by atoms with Crippen molar-refractivity contribution in [2.45, 2.75) is 55.4 Å². The van der Waals surface area contributed by atoms with Crippen LogP contribution in [0.15, 0.2) is 121 Å². The third kappa shape index (κ3) is 11.5. The fourth-order valence-electron chi connectivity index (χ4n) is 10.8. The number of aromatic nitrogens is 4. The molecule has 0 saturated carbocycles. The first-order chi connectivity index (χ1) is 38.6. The zero-order valence-electron chi connectivity index (χ0n) is 42.9. The lowest BCUT2D eigenvalue weighted by atomic mass is 9.98. The van der Waals surface area contributed by atoms with Crippen LogP contribution in [0, 0.1) is 11.8 Å². The summed E-state index contributed by atoms with van der Waals surface area (Å²) >= 11 is 13.3. The number of fused-ring (bicyclic) bond motifs is 4. The van der Waals surface area contributed by atoms with E-state index in [0.29, 0.717) is 59.3 Å². The number of imidazole rings is 2. The Balaban J connectivity index is 0.000000144. The summed E-state index contributed by atoms with van der Waals surface area (Å²) in [6, 6.07) is 40.9. The standard InChI is InChI=1S/C30H30ClN3O5.C26H21ClN2O5.C4H9NO/c31-23-10-25-24(32-30(33-25)39-27-16-38-28-26(36)15-37-29(27)28)9-22(23)21-7-5-20(6-8-21)19-3-1-17(2-4-19)11-34-12-18(13-34)14-35;27-19-10-21-20(28-26(29-21)34-23-13-33-24-22(31)12-32-25(23)24)9-18(19)17-7-5-16(6-8-17)15-3-1-14(11-30)2-4-15;6-3-4-1-5-2-4/h1-10,18,26-29,35-36H,11-16H2,(H,32,33);1-11,22-25,31H,12-13H2,(H,28,29);4-6H,1-3H2/t26-,27-,28-,29-;22-,23-,24-,25-;/m11./s1. The van der Waals surface area contributed by atoms with Gasteiger partial charge in [-0.25, -0.2) is 0 Å². The summed E-state index contributed by atoms with van der Waals surface area (Å²) in [6.45, 7) is 6.69. The number of H-pyrrole nitrogens is 2. The third-order valence-electron chi connectivity index (χ3n) is 15.5. The molecule has 410 valence electrons. The summed E-state index contributed by atoms with van der Waals surface area (Å²) in [5, 5.41) is 41.7. The molecule has 6 aliphatic heterocycles. The molecule has 7 N–H and O–H groups in total. The number of benzene rings is 6. The van der Waals surface area contributed by atoms with Crippen LogP contribution in [0.2, 0.25) is 10.0 Å². The summed E-state index contributed by atoms with van der Waals surface area (Å²) in [5.41, 5.74) is 13.1. The largest absolute Gasteiger partial charge is 0.456 e. The topological polar surface area (TPSA) is 226 Å². The van der Waals surface area contributed by atoms with Gasteiger partial charge in [-0.15, -0.1) is 0 Å². The minimum absolute atomic E-state index is 0.247. The monoisotopic (exact) mass is 1110 g/mol. The lowest BCUT2D eigenvalue weighted by molar-refractivity contribution is 0.00704. The van der Waals surface area contributed by atoms with E-state index in [1.807, 2.05) is 60.7 Å². The third-order valence-corrected chi connectivity index (χ3v) is 16.1. The van der Waals surface area contributed by atoms with Crippen LogP contribution in [-0.4, -0.2) is 166 Å². The van der Waals surface area contributed by atoms with Gasteiger partial charge in [0.25, 0.3) is 12.0 Å². The number of nitrogens with zero attached hydrogens (tertiary/aromatic N) is 3. The minimum atomic E-state index is -0.627. The van der Waals surface area contributed by atoms with E-state index in [9.17, 15) is 20.1 Å². The molecule has 0 aliphatic carbocycles. The van der Waals surface area contributed by atoms with E-state index in [4.69, 9.17) is 56.7 Å². The summed E-state index contributed by atoms with van der Waals surface area (Å²) in [7, 11) is 0. The Labute approximate surface area is 465 Å². The van der Waals surface area contributed by atoms with E-state index in [0.717, 1.165) is 106 Å². The first-order valence-electron chi connectivity index (χ1n) is 26.6. The summed E-state index contributed by atoms with van der Waals surface area (Å²) in [6.07, 6.45) is -2.42. The molecule has 6 saturated heterocycles. The summed E-state index contributed by atoms with van der Waals surface area (Å²) in [4.78, 5) is 28.8. The van der Waals surface area contributed by atoms with E-state index >= 15 is 0 Å². The van der Waals surface area contributed by atoms with Gasteiger partial charge in [-0.1, -0.05) is 120 Å². The maximum atomic E-state index is 10.9. The number of carbonyl (C=O) groups is 1. The Morgan fingerprint density at radius 3 is 1.38 bits per heavy atom. The number of ether oxygens (including phenoxy) is 6. The number of likely N-dealkylation sites (tertiary alicyclic amines) is 1. The maximum absolute atomic E-state index is 10.9. The van der Waals surface area contributed by atoms with Crippen molar-refractivity contribution >= 4 is 51.6 Å². The Morgan fingerprint density at radius 2 is 0.975 bits per heavy atom. The van der Waals surface area contributed by atoms with Crippen LogP contribution in [0.5, 0.6) is 12.0 Å². The number of aldehydes is 1. The second-order valence-corrected chi connectivity index (χ2v) is 21.8. The molecule has 79 heavy (non-hydrogen) atoms. The molecule has 6 aliphatic rings. The van der Waals surface area contributed by atoms with Crippen LogP contribution in [-0.2, 0) is 25.5 Å². The summed E-state index contributed by atoms with van der Waals surface area (Å²) in [5.74, 6) is 0.989. The van der Waals surface area contributed by atoms with Crippen LogP contribution in [0.3, 0.4) is 0 Å². The van der Waals surface area contributed by atoms with E-state index in [-0.39, 0.29) is 56.4 Å². The molecule has 2 aromatic heterocycles. The molecule has 17 nitrogen and oxygen atoms in total. The Hall–Kier alpha value is -6.29. The predicted molar refractivity (Wildman–Crippen MR) is 298 cm³/mol. The molecule has 8 aromatic rings. The zero-order chi connectivity index (χ0) is 54.1. The highest BCUT2D eigenvalue weighted by Gasteiger charge is 2.50. The van der Waals surface area contributed by atoms with Crippen LogP contribution in [0.1, 0.15) is 15.9 Å². The van der Waals surface area contributed by atoms with Crippen molar-refractivity contribution in [1.82, 2.24) is 30.2 Å². The first kappa shape index (κ1) is 53.4. The molecule has 14 rings (SSSR count). The first-order valence-corrected chi connectivity index (χ1v) is 27.4. The van der Waals surface area contributed by atoms with Crippen molar-refractivity contribution in [2.75, 3.05) is 65.8 Å². The number of halogens is 2. The van der Waals surface area contributed by atoms with Crippen LogP contribution in [0.25, 0.3) is 66.6 Å². The number of aliphatic hydroxyl groups excluding tert-OH is 4. The van der Waals surface area contributed by atoms with Crippen molar-refractivity contribution in [1.29, 1.82) is 0 Å². The molecule has 8 heterocycles. The van der Waals surface area contributed by atoms with Gasteiger partial charge in [-0.05, 0) is 63.2 Å². The van der Waals surface area contributed by atoms with Gasteiger partial charge in [0.1, 0.15) is 42.9 Å². The van der Waals surface area contributed by atoms with Gasteiger partial charge in [-0.3, -0.25) is 9.69 Å². The number of carbonyl (C=O) groups excluding carboxylic acids is 1. The van der Waals surface area contributed by atoms with Crippen LogP contribution >= 0.6 is 23.2 Å². The Bertz CT molecular complexity index is 3390. The summed E-state index contributed by atoms with van der Waals surface area (Å²) < 4.78 is 34.6. The predicted octanol–water partition coefficient (Wildman–Crippen LogP) is 7.35. The van der Waals surface area contributed by atoms with Gasteiger partial charge in [-0.2, -0.15) is 9.97 Å². The van der Waals surface area contributed by atoms with E-state index < -0.39 is 12.2 Å². The van der Waals surface area contributed by atoms with Crippen molar-refractivity contribution in [3.63, 3.8) is 0 Å². The van der Waals surface area contributed by atoms with E-state index in [2.05, 4.69) is 78.7 Å². The van der Waals surface area contributed by atoms with Crippen molar-refractivity contribution < 1.29 is 53.6 Å². The van der Waals surface area contributed by atoms with Gasteiger partial charge in [0.15, 0.2) is 12.2 Å². The van der Waals surface area contributed by atoms with Gasteiger partial charge < -0.3 is 64.1 Å². The normalized spacial score (nSPS) is 24.5. The molecule has 19 heteroatoms. The molecule has 0 unspecified atom stereocenters. The second-order valence-electron chi connectivity index (χ2n) is 21.0. The van der Waals surface area contributed by atoms with Crippen molar-refractivity contribution in [3.8, 4) is 56.5 Å². The van der Waals surface area contributed by atoms with Gasteiger partial charge in [0.05, 0.1) is 58.5 Å². The van der Waals surface area contributed by atoms with E-state index in [1.165, 1.54) is 5.56 Å².